The fraction of sp³-hybridized carbons (Fsp3) is 0.423. The van der Waals surface area contributed by atoms with Crippen LogP contribution in [0.25, 0.3) is 0 Å². The number of aryl methyl sites for hydroxylation is 1. The molecular formula is C26H30N2O3. The number of rotatable bonds is 5. The summed E-state index contributed by atoms with van der Waals surface area (Å²) in [6.45, 7) is 5.78. The minimum absolute atomic E-state index is 0.0301. The molecular weight excluding hydrogens is 388 g/mol. The molecule has 2 aliphatic rings. The Balaban J connectivity index is 1.68. The molecule has 2 aliphatic heterocycles. The van der Waals surface area contributed by atoms with E-state index in [1.807, 2.05) is 66.4 Å². The zero-order chi connectivity index (χ0) is 22.0. The van der Waals surface area contributed by atoms with E-state index in [2.05, 4.69) is 6.92 Å². The van der Waals surface area contributed by atoms with Gasteiger partial charge in [0.1, 0.15) is 0 Å². The Morgan fingerprint density at radius 1 is 1.06 bits per heavy atom. The molecule has 0 unspecified atom stereocenters. The van der Waals surface area contributed by atoms with Crippen molar-refractivity contribution in [2.24, 2.45) is 5.92 Å². The van der Waals surface area contributed by atoms with E-state index >= 15 is 0 Å². The Morgan fingerprint density at radius 2 is 1.77 bits per heavy atom. The first kappa shape index (κ1) is 21.3. The summed E-state index contributed by atoms with van der Waals surface area (Å²) >= 11 is 0. The van der Waals surface area contributed by atoms with Gasteiger partial charge in [-0.2, -0.15) is 0 Å². The van der Waals surface area contributed by atoms with Crippen molar-refractivity contribution in [1.82, 2.24) is 9.80 Å². The first-order valence-electron chi connectivity index (χ1n) is 11.1. The molecule has 0 radical (unpaired) electrons. The van der Waals surface area contributed by atoms with E-state index in [1.54, 1.807) is 0 Å². The summed E-state index contributed by atoms with van der Waals surface area (Å²) < 4.78 is 0. The molecule has 2 fully saturated rings. The molecule has 3 amide bonds. The number of hydrogen-bond acceptors (Lipinski definition) is 3. The summed E-state index contributed by atoms with van der Waals surface area (Å²) in [5, 5.41) is 0. The highest BCUT2D eigenvalue weighted by Gasteiger charge is 2.54. The van der Waals surface area contributed by atoms with Gasteiger partial charge in [0.2, 0.25) is 17.7 Å². The van der Waals surface area contributed by atoms with Crippen LogP contribution in [-0.4, -0.2) is 40.6 Å². The molecule has 5 heteroatoms. The van der Waals surface area contributed by atoms with Crippen LogP contribution in [-0.2, 0) is 26.3 Å². The van der Waals surface area contributed by atoms with Crippen molar-refractivity contribution in [2.45, 2.75) is 51.5 Å². The summed E-state index contributed by atoms with van der Waals surface area (Å²) in [6, 6.07) is 17.2. The Kier molecular flexibility index (Phi) is 5.94. The zero-order valence-electron chi connectivity index (χ0n) is 18.3. The van der Waals surface area contributed by atoms with E-state index in [0.29, 0.717) is 5.92 Å². The van der Waals surface area contributed by atoms with Gasteiger partial charge >= 0.3 is 0 Å². The lowest BCUT2D eigenvalue weighted by molar-refractivity contribution is -0.143. The SMILES string of the molecule is Cc1ccccc1[C@]1(CC(=O)N2CCC[C@H](C)C2)CC(=O)N(Cc2ccccc2)C1=O. The van der Waals surface area contributed by atoms with Gasteiger partial charge in [-0.15, -0.1) is 0 Å². The largest absolute Gasteiger partial charge is 0.342 e. The van der Waals surface area contributed by atoms with Gasteiger partial charge in [-0.25, -0.2) is 0 Å². The van der Waals surface area contributed by atoms with Gasteiger partial charge in [0.25, 0.3) is 0 Å². The minimum Gasteiger partial charge on any atom is -0.342 e. The second-order valence-electron chi connectivity index (χ2n) is 9.11. The van der Waals surface area contributed by atoms with Crippen LogP contribution in [0.4, 0.5) is 0 Å². The highest BCUT2D eigenvalue weighted by Crippen LogP contribution is 2.42. The second kappa shape index (κ2) is 8.66. The topological polar surface area (TPSA) is 57.7 Å². The highest BCUT2D eigenvalue weighted by atomic mass is 16.2. The van der Waals surface area contributed by atoms with Crippen LogP contribution in [0, 0.1) is 12.8 Å². The Labute approximate surface area is 184 Å². The third-order valence-electron chi connectivity index (χ3n) is 6.72. The molecule has 0 spiro atoms. The lowest BCUT2D eigenvalue weighted by atomic mass is 9.73. The van der Waals surface area contributed by atoms with E-state index in [1.165, 1.54) is 4.90 Å². The van der Waals surface area contributed by atoms with Crippen LogP contribution in [0.2, 0.25) is 0 Å². The van der Waals surface area contributed by atoms with Gasteiger partial charge in [0, 0.05) is 25.9 Å². The number of likely N-dealkylation sites (tertiary alicyclic amines) is 2. The van der Waals surface area contributed by atoms with E-state index in [9.17, 15) is 14.4 Å². The first-order valence-corrected chi connectivity index (χ1v) is 11.1. The molecule has 0 aliphatic carbocycles. The third kappa shape index (κ3) is 4.14. The normalized spacial score (nSPS) is 24.0. The molecule has 162 valence electrons. The molecule has 0 bridgehead atoms. The summed E-state index contributed by atoms with van der Waals surface area (Å²) in [5.41, 5.74) is 1.50. The summed E-state index contributed by atoms with van der Waals surface area (Å²) in [4.78, 5) is 43.5. The van der Waals surface area contributed by atoms with Gasteiger partial charge in [0.05, 0.1) is 12.0 Å². The van der Waals surface area contributed by atoms with Gasteiger partial charge in [-0.3, -0.25) is 19.3 Å². The van der Waals surface area contributed by atoms with E-state index < -0.39 is 5.41 Å². The average Bonchev–Trinajstić information content (AvgIpc) is 2.99. The molecule has 0 N–H and O–H groups in total. The molecule has 4 rings (SSSR count). The van der Waals surface area contributed by atoms with Crippen LogP contribution in [0.3, 0.4) is 0 Å². The average molecular weight is 419 g/mol. The fourth-order valence-corrected chi connectivity index (χ4v) is 5.07. The molecule has 2 atom stereocenters. The lowest BCUT2D eigenvalue weighted by Gasteiger charge is -2.35. The van der Waals surface area contributed by atoms with E-state index in [0.717, 1.165) is 42.6 Å². The Morgan fingerprint density at radius 3 is 2.48 bits per heavy atom. The van der Waals surface area contributed by atoms with Crippen LogP contribution < -0.4 is 0 Å². The van der Waals surface area contributed by atoms with Crippen molar-refractivity contribution in [2.75, 3.05) is 13.1 Å². The minimum atomic E-state index is -1.13. The number of carbonyl (C=O) groups is 3. The fourth-order valence-electron chi connectivity index (χ4n) is 5.07. The van der Waals surface area contributed by atoms with Crippen LogP contribution in [0.1, 0.15) is 49.3 Å². The van der Waals surface area contributed by atoms with E-state index in [-0.39, 0.29) is 37.1 Å². The van der Waals surface area contributed by atoms with Crippen molar-refractivity contribution >= 4 is 17.7 Å². The number of hydrogen-bond donors (Lipinski definition) is 0. The molecule has 31 heavy (non-hydrogen) atoms. The molecule has 5 nitrogen and oxygen atoms in total. The predicted molar refractivity (Wildman–Crippen MR) is 119 cm³/mol. The van der Waals surface area contributed by atoms with Crippen molar-refractivity contribution in [1.29, 1.82) is 0 Å². The summed E-state index contributed by atoms with van der Waals surface area (Å²) in [7, 11) is 0. The van der Waals surface area contributed by atoms with Crippen molar-refractivity contribution in [3.05, 3.63) is 71.3 Å². The summed E-state index contributed by atoms with van der Waals surface area (Å²) in [6.07, 6.45) is 2.19. The van der Waals surface area contributed by atoms with E-state index in [4.69, 9.17) is 0 Å². The maximum atomic E-state index is 13.8. The van der Waals surface area contributed by atoms with Crippen LogP contribution >= 0.6 is 0 Å². The second-order valence-corrected chi connectivity index (χ2v) is 9.11. The molecule has 2 saturated heterocycles. The zero-order valence-corrected chi connectivity index (χ0v) is 18.3. The number of carbonyl (C=O) groups excluding carboxylic acids is 3. The standard InChI is InChI=1S/C26H30N2O3/c1-19-9-8-14-27(17-19)23(29)15-26(22-13-7-6-10-20(22)2)16-24(30)28(25(26)31)18-21-11-4-3-5-12-21/h3-7,10-13,19H,8-9,14-18H2,1-2H3/t19-,26-/m0/s1. The molecule has 2 aromatic carbocycles. The molecule has 2 aromatic rings. The van der Waals surface area contributed by atoms with Crippen LogP contribution in [0.5, 0.6) is 0 Å². The number of nitrogens with zero attached hydrogens (tertiary/aromatic N) is 2. The van der Waals surface area contributed by atoms with Gasteiger partial charge in [-0.1, -0.05) is 61.5 Å². The number of piperidine rings is 1. The van der Waals surface area contributed by atoms with Gasteiger partial charge < -0.3 is 4.90 Å². The maximum Gasteiger partial charge on any atom is 0.241 e. The first-order chi connectivity index (χ1) is 14.9. The highest BCUT2D eigenvalue weighted by molar-refractivity contribution is 6.10. The third-order valence-corrected chi connectivity index (χ3v) is 6.72. The van der Waals surface area contributed by atoms with Crippen molar-refractivity contribution in [3.8, 4) is 0 Å². The lowest BCUT2D eigenvalue weighted by Crippen LogP contribution is -2.46. The maximum absolute atomic E-state index is 13.8. The van der Waals surface area contributed by atoms with Crippen LogP contribution in [0.15, 0.2) is 54.6 Å². The Bertz CT molecular complexity index is 987. The predicted octanol–water partition coefficient (Wildman–Crippen LogP) is 3.84. The smallest absolute Gasteiger partial charge is 0.241 e. The molecule has 2 heterocycles. The summed E-state index contributed by atoms with van der Waals surface area (Å²) in [5.74, 6) is -0.0360. The molecule has 0 saturated carbocycles. The number of benzene rings is 2. The van der Waals surface area contributed by atoms with Gasteiger partial charge in [0.15, 0.2) is 0 Å². The van der Waals surface area contributed by atoms with Gasteiger partial charge in [-0.05, 0) is 42.4 Å². The number of amides is 3. The van der Waals surface area contributed by atoms with Crippen molar-refractivity contribution < 1.29 is 14.4 Å². The molecule has 0 aromatic heterocycles. The van der Waals surface area contributed by atoms with Crippen molar-refractivity contribution in [3.63, 3.8) is 0 Å². The number of imide groups is 1. The Hall–Kier alpha value is -2.95. The monoisotopic (exact) mass is 418 g/mol. The quantitative estimate of drug-likeness (QED) is 0.693.